The number of hydrogen-bond acceptors (Lipinski definition) is 5. The van der Waals surface area contributed by atoms with Gasteiger partial charge < -0.3 is 26.3 Å². The predicted octanol–water partition coefficient (Wildman–Crippen LogP) is 3.19. The minimum Gasteiger partial charge on any atom is -0.398 e. The molecule has 6 nitrogen and oxygen atoms in total. The summed E-state index contributed by atoms with van der Waals surface area (Å²) in [6, 6.07) is 13.7. The highest BCUT2D eigenvalue weighted by molar-refractivity contribution is 5.97. The summed E-state index contributed by atoms with van der Waals surface area (Å²) in [5.74, 6) is -0.0793. The molecule has 2 aromatic rings. The lowest BCUT2D eigenvalue weighted by atomic mass is 10.0. The van der Waals surface area contributed by atoms with Crippen molar-refractivity contribution in [3.63, 3.8) is 0 Å². The first-order valence-corrected chi connectivity index (χ1v) is 10.3. The molecule has 1 unspecified atom stereocenters. The third-order valence-corrected chi connectivity index (χ3v) is 5.66. The molecule has 0 radical (unpaired) electrons. The number of anilines is 1. The molecule has 3 rings (SSSR count). The van der Waals surface area contributed by atoms with Crippen LogP contribution in [0.5, 0.6) is 0 Å². The molecule has 0 saturated carbocycles. The van der Waals surface area contributed by atoms with Gasteiger partial charge in [-0.25, -0.2) is 0 Å². The number of nitrogens with one attached hydrogen (secondary N) is 2. The highest BCUT2D eigenvalue weighted by Gasteiger charge is 2.18. The molecule has 1 amide bonds. The number of hydrogen-bond donors (Lipinski definition) is 3. The third kappa shape index (κ3) is 5.07. The Balaban J connectivity index is 1.75. The van der Waals surface area contributed by atoms with Gasteiger partial charge in [0.05, 0.1) is 6.04 Å². The summed E-state index contributed by atoms with van der Waals surface area (Å²) >= 11 is 0. The summed E-state index contributed by atoms with van der Waals surface area (Å²) < 4.78 is 0. The van der Waals surface area contributed by atoms with Crippen LogP contribution in [0.3, 0.4) is 0 Å². The van der Waals surface area contributed by atoms with E-state index < -0.39 is 0 Å². The number of allylic oxidation sites excluding steroid dienone is 1. The SMILES string of the molecule is Cc1ccc(N2CCN(C)CC2)cc1C(=O)NC(C)c1cccc(/C(N)=C/C=N)c1. The minimum atomic E-state index is -0.170. The molecular weight excluding hydrogens is 374 g/mol. The molecule has 158 valence electrons. The summed E-state index contributed by atoms with van der Waals surface area (Å²) in [5, 5.41) is 10.3. The molecule has 0 spiro atoms. The summed E-state index contributed by atoms with van der Waals surface area (Å²) in [6.45, 7) is 7.92. The van der Waals surface area contributed by atoms with E-state index in [1.54, 1.807) is 6.08 Å². The van der Waals surface area contributed by atoms with Gasteiger partial charge in [0.15, 0.2) is 0 Å². The molecule has 1 aliphatic rings. The van der Waals surface area contributed by atoms with Crippen LogP contribution in [0, 0.1) is 12.3 Å². The normalized spacial score (nSPS) is 16.2. The van der Waals surface area contributed by atoms with Gasteiger partial charge in [0.1, 0.15) is 0 Å². The number of carbonyl (C=O) groups is 1. The van der Waals surface area contributed by atoms with Crippen molar-refractivity contribution in [2.24, 2.45) is 5.73 Å². The van der Waals surface area contributed by atoms with E-state index in [4.69, 9.17) is 11.1 Å². The zero-order valence-electron chi connectivity index (χ0n) is 18.0. The molecule has 1 saturated heterocycles. The van der Waals surface area contributed by atoms with E-state index in [0.29, 0.717) is 11.3 Å². The Labute approximate surface area is 178 Å². The van der Waals surface area contributed by atoms with Crippen molar-refractivity contribution in [2.45, 2.75) is 19.9 Å². The van der Waals surface area contributed by atoms with Crippen molar-refractivity contribution in [3.05, 3.63) is 70.8 Å². The van der Waals surface area contributed by atoms with Gasteiger partial charge in [-0.3, -0.25) is 4.79 Å². The van der Waals surface area contributed by atoms with Gasteiger partial charge in [0.25, 0.3) is 5.91 Å². The van der Waals surface area contributed by atoms with Crippen LogP contribution >= 0.6 is 0 Å². The molecule has 0 aromatic heterocycles. The molecule has 2 aromatic carbocycles. The third-order valence-electron chi connectivity index (χ3n) is 5.66. The molecule has 0 aliphatic carbocycles. The first-order valence-electron chi connectivity index (χ1n) is 10.3. The first kappa shape index (κ1) is 21.6. The molecule has 30 heavy (non-hydrogen) atoms. The Morgan fingerprint density at radius 1 is 1.17 bits per heavy atom. The van der Waals surface area contributed by atoms with E-state index in [0.717, 1.165) is 48.6 Å². The number of likely N-dealkylation sites (N-methyl/N-ethyl adjacent to an activating group) is 1. The van der Waals surface area contributed by atoms with Crippen LogP contribution in [-0.2, 0) is 0 Å². The standard InChI is InChI=1S/C24H31N5O/c1-17-7-8-21(29-13-11-28(3)12-14-29)16-22(17)24(30)27-18(2)19-5-4-6-20(15-19)23(26)9-10-25/h4-10,15-16,18,25H,11-14,26H2,1-3H3,(H,27,30)/b23-9-,25-10?. The Bertz CT molecular complexity index is 944. The molecule has 6 heteroatoms. The Morgan fingerprint density at radius 2 is 1.90 bits per heavy atom. The van der Waals surface area contributed by atoms with Gasteiger partial charge in [-0.1, -0.05) is 24.3 Å². The number of rotatable bonds is 6. The van der Waals surface area contributed by atoms with E-state index in [-0.39, 0.29) is 11.9 Å². The van der Waals surface area contributed by atoms with E-state index in [1.165, 1.54) is 6.21 Å². The van der Waals surface area contributed by atoms with E-state index in [1.807, 2.05) is 50.2 Å². The average Bonchev–Trinajstić information content (AvgIpc) is 2.75. The second-order valence-corrected chi connectivity index (χ2v) is 7.90. The van der Waals surface area contributed by atoms with Gasteiger partial charge in [-0.15, -0.1) is 0 Å². The van der Waals surface area contributed by atoms with Crippen LogP contribution < -0.4 is 16.0 Å². The average molecular weight is 406 g/mol. The number of benzene rings is 2. The second-order valence-electron chi connectivity index (χ2n) is 7.90. The Kier molecular flexibility index (Phi) is 6.90. The molecule has 1 atom stereocenters. The maximum Gasteiger partial charge on any atom is 0.252 e. The lowest BCUT2D eigenvalue weighted by Gasteiger charge is -2.34. The first-order chi connectivity index (χ1) is 14.4. The zero-order chi connectivity index (χ0) is 21.7. The van der Waals surface area contributed by atoms with Crippen LogP contribution in [0.15, 0.2) is 48.5 Å². The van der Waals surface area contributed by atoms with E-state index >= 15 is 0 Å². The summed E-state index contributed by atoms with van der Waals surface area (Å²) in [5.41, 5.74) is 11.1. The summed E-state index contributed by atoms with van der Waals surface area (Å²) in [7, 11) is 2.14. The van der Waals surface area contributed by atoms with Crippen molar-refractivity contribution in [3.8, 4) is 0 Å². The van der Waals surface area contributed by atoms with E-state index in [2.05, 4.69) is 28.2 Å². The number of amides is 1. The fourth-order valence-corrected chi connectivity index (χ4v) is 3.65. The number of nitrogens with zero attached hydrogens (tertiary/aromatic N) is 2. The second kappa shape index (κ2) is 9.59. The van der Waals surface area contributed by atoms with Gasteiger partial charge in [-0.05, 0) is 61.9 Å². The molecule has 1 aliphatic heterocycles. The minimum absolute atomic E-state index is 0.0793. The Morgan fingerprint density at radius 3 is 2.60 bits per heavy atom. The molecule has 0 bridgehead atoms. The molecule has 1 heterocycles. The lowest BCUT2D eigenvalue weighted by Crippen LogP contribution is -2.44. The summed E-state index contributed by atoms with van der Waals surface area (Å²) in [4.78, 5) is 17.7. The number of piperazine rings is 1. The van der Waals surface area contributed by atoms with Crippen LogP contribution in [0.4, 0.5) is 5.69 Å². The predicted molar refractivity (Wildman–Crippen MR) is 124 cm³/mol. The van der Waals surface area contributed by atoms with Gasteiger partial charge >= 0.3 is 0 Å². The fraction of sp³-hybridized carbons (Fsp3) is 0.333. The maximum absolute atomic E-state index is 13.1. The van der Waals surface area contributed by atoms with Crippen LogP contribution in [0.2, 0.25) is 0 Å². The van der Waals surface area contributed by atoms with Crippen molar-refractivity contribution in [1.82, 2.24) is 10.2 Å². The van der Waals surface area contributed by atoms with Crippen molar-refractivity contribution in [2.75, 3.05) is 38.1 Å². The number of carbonyl (C=O) groups excluding carboxylic acids is 1. The number of nitrogens with two attached hydrogens (primary N) is 1. The molecule has 1 fully saturated rings. The topological polar surface area (TPSA) is 85.4 Å². The van der Waals surface area contributed by atoms with Gasteiger partial charge in [0, 0.05) is 49.3 Å². The van der Waals surface area contributed by atoms with Crippen LogP contribution in [0.1, 0.15) is 40.0 Å². The smallest absolute Gasteiger partial charge is 0.252 e. The summed E-state index contributed by atoms with van der Waals surface area (Å²) in [6.07, 6.45) is 2.72. The van der Waals surface area contributed by atoms with Crippen LogP contribution in [0.25, 0.3) is 5.70 Å². The highest BCUT2D eigenvalue weighted by atomic mass is 16.1. The maximum atomic E-state index is 13.1. The van der Waals surface area contributed by atoms with Crippen molar-refractivity contribution >= 4 is 23.5 Å². The lowest BCUT2D eigenvalue weighted by molar-refractivity contribution is 0.0939. The number of aryl methyl sites for hydroxylation is 1. The van der Waals surface area contributed by atoms with E-state index in [9.17, 15) is 4.79 Å². The molecule has 4 N–H and O–H groups in total. The van der Waals surface area contributed by atoms with Gasteiger partial charge in [0.2, 0.25) is 0 Å². The van der Waals surface area contributed by atoms with Gasteiger partial charge in [-0.2, -0.15) is 0 Å². The van der Waals surface area contributed by atoms with Crippen molar-refractivity contribution < 1.29 is 4.79 Å². The molecular formula is C24H31N5O. The Hall–Kier alpha value is -3.12. The zero-order valence-corrected chi connectivity index (χ0v) is 18.0. The monoisotopic (exact) mass is 405 g/mol. The largest absolute Gasteiger partial charge is 0.398 e. The van der Waals surface area contributed by atoms with Crippen LogP contribution in [-0.4, -0.2) is 50.2 Å². The fourth-order valence-electron chi connectivity index (χ4n) is 3.65. The quantitative estimate of drug-likeness (QED) is 0.645. The highest BCUT2D eigenvalue weighted by Crippen LogP contribution is 2.22. The van der Waals surface area contributed by atoms with Crippen molar-refractivity contribution in [1.29, 1.82) is 5.41 Å².